The van der Waals surface area contributed by atoms with Crippen LogP contribution in [0.5, 0.6) is 5.75 Å². The van der Waals surface area contributed by atoms with Gasteiger partial charge in [-0.1, -0.05) is 6.07 Å². The zero-order chi connectivity index (χ0) is 18.3. The maximum atomic E-state index is 12.1. The van der Waals surface area contributed by atoms with E-state index < -0.39 is 24.3 Å². The van der Waals surface area contributed by atoms with Gasteiger partial charge in [0.15, 0.2) is 5.96 Å². The van der Waals surface area contributed by atoms with Gasteiger partial charge in [-0.15, -0.1) is 0 Å². The molecule has 6 nitrogen and oxygen atoms in total. The van der Waals surface area contributed by atoms with Crippen LogP contribution in [0, 0.1) is 5.41 Å². The molecule has 0 aliphatic rings. The van der Waals surface area contributed by atoms with E-state index in [0.29, 0.717) is 16.6 Å². The van der Waals surface area contributed by atoms with Crippen LogP contribution in [-0.2, 0) is 11.3 Å². The Morgan fingerprint density at radius 3 is 2.58 bits per heavy atom. The number of halogens is 2. The molecule has 0 unspecified atom stereocenters. The summed E-state index contributed by atoms with van der Waals surface area (Å²) >= 11 is 3.37. The number of amides is 1. The molecule has 0 spiro atoms. The number of benzene rings is 1. The highest BCUT2D eigenvalue weighted by Gasteiger charge is 2.24. The van der Waals surface area contributed by atoms with Crippen LogP contribution < -0.4 is 10.5 Å². The highest BCUT2D eigenvalue weighted by atomic mass is 79.9. The number of ether oxygens (including phenoxy) is 2. The summed E-state index contributed by atoms with van der Waals surface area (Å²) in [7, 11) is 0. The summed E-state index contributed by atoms with van der Waals surface area (Å²) in [4.78, 5) is 13.2. The molecule has 0 bridgehead atoms. The van der Waals surface area contributed by atoms with E-state index >= 15 is 0 Å². The van der Waals surface area contributed by atoms with Gasteiger partial charge in [-0.3, -0.25) is 9.80 Å². The average Bonchev–Trinajstić information content (AvgIpc) is 2.44. The van der Waals surface area contributed by atoms with Crippen LogP contribution in [0.3, 0.4) is 0 Å². The Bertz CT molecular complexity index is 590. The second-order valence-corrected chi connectivity index (χ2v) is 6.96. The molecule has 134 valence electrons. The number of nitrogens with zero attached hydrogens (tertiary/aromatic N) is 1. The van der Waals surface area contributed by atoms with Crippen LogP contribution in [0.25, 0.3) is 0 Å². The van der Waals surface area contributed by atoms with Gasteiger partial charge in [0.05, 0.1) is 24.3 Å². The van der Waals surface area contributed by atoms with E-state index in [1.54, 1.807) is 39.0 Å². The maximum Gasteiger partial charge on any atom is 0.417 e. The molecule has 1 aromatic rings. The lowest BCUT2D eigenvalue weighted by atomic mass is 10.2. The Morgan fingerprint density at radius 2 is 2.08 bits per heavy atom. The number of rotatable bonds is 6. The van der Waals surface area contributed by atoms with Crippen molar-refractivity contribution in [1.29, 1.82) is 5.41 Å². The van der Waals surface area contributed by atoms with Crippen molar-refractivity contribution < 1.29 is 18.7 Å². The lowest BCUT2D eigenvalue weighted by Crippen LogP contribution is -2.43. The third kappa shape index (κ3) is 6.74. The summed E-state index contributed by atoms with van der Waals surface area (Å²) in [6, 6.07) is 5.21. The van der Waals surface area contributed by atoms with E-state index in [0.717, 1.165) is 10.5 Å². The smallest absolute Gasteiger partial charge is 0.417 e. The minimum atomic E-state index is -0.686. The van der Waals surface area contributed by atoms with E-state index in [9.17, 15) is 9.18 Å². The van der Waals surface area contributed by atoms with Crippen LogP contribution in [0.4, 0.5) is 9.18 Å². The second kappa shape index (κ2) is 8.86. The van der Waals surface area contributed by atoms with E-state index in [-0.39, 0.29) is 13.2 Å². The van der Waals surface area contributed by atoms with Crippen molar-refractivity contribution >= 4 is 28.0 Å². The lowest BCUT2D eigenvalue weighted by molar-refractivity contribution is 0.0356. The fourth-order valence-electron chi connectivity index (χ4n) is 1.74. The molecule has 1 aromatic carbocycles. The molecule has 24 heavy (non-hydrogen) atoms. The number of hydrogen-bond acceptors (Lipinski definition) is 4. The summed E-state index contributed by atoms with van der Waals surface area (Å²) in [5.74, 6) is 0.183. The van der Waals surface area contributed by atoms with E-state index in [1.807, 2.05) is 0 Å². The van der Waals surface area contributed by atoms with Gasteiger partial charge in [0, 0.05) is 6.42 Å². The Balaban J connectivity index is 2.82. The Kier molecular flexibility index (Phi) is 7.47. The molecular formula is C16H23BrFN3O3. The quantitative estimate of drug-likeness (QED) is 0.429. The lowest BCUT2D eigenvalue weighted by Gasteiger charge is -2.26. The van der Waals surface area contributed by atoms with E-state index in [4.69, 9.17) is 20.6 Å². The number of nitrogens with one attached hydrogen (secondary N) is 1. The SMILES string of the molecule is CC(C)(C)OC(=O)N(Cc1ccc(OCCCF)c(Br)c1)C(=N)N. The van der Waals surface area contributed by atoms with Crippen molar-refractivity contribution in [1.82, 2.24) is 4.90 Å². The average molecular weight is 404 g/mol. The van der Waals surface area contributed by atoms with Crippen molar-refractivity contribution in [2.24, 2.45) is 5.73 Å². The number of nitrogens with two attached hydrogens (primary N) is 1. The number of guanidine groups is 1. The summed E-state index contributed by atoms with van der Waals surface area (Å²) in [6.45, 7) is 5.16. The van der Waals surface area contributed by atoms with Crippen molar-refractivity contribution in [2.75, 3.05) is 13.3 Å². The highest BCUT2D eigenvalue weighted by molar-refractivity contribution is 9.10. The van der Waals surface area contributed by atoms with Gasteiger partial charge < -0.3 is 15.2 Å². The summed E-state index contributed by atoms with van der Waals surface area (Å²) in [5, 5.41) is 7.58. The zero-order valence-corrected chi connectivity index (χ0v) is 15.7. The molecule has 0 atom stereocenters. The first kappa shape index (κ1) is 20.2. The summed E-state index contributed by atoms with van der Waals surface area (Å²) in [6.07, 6.45) is -0.361. The number of alkyl halides is 1. The van der Waals surface area contributed by atoms with Crippen LogP contribution in [0.1, 0.15) is 32.8 Å². The largest absolute Gasteiger partial charge is 0.492 e. The van der Waals surface area contributed by atoms with Gasteiger partial charge in [0.25, 0.3) is 0 Å². The number of hydrogen-bond donors (Lipinski definition) is 2. The van der Waals surface area contributed by atoms with E-state index in [2.05, 4.69) is 15.9 Å². The first-order valence-corrected chi connectivity index (χ1v) is 8.25. The zero-order valence-electron chi connectivity index (χ0n) is 14.1. The number of carbonyl (C=O) groups excluding carboxylic acids is 1. The first-order valence-electron chi connectivity index (χ1n) is 7.46. The van der Waals surface area contributed by atoms with Crippen LogP contribution >= 0.6 is 15.9 Å². The fraction of sp³-hybridized carbons (Fsp3) is 0.500. The molecule has 0 saturated carbocycles. The van der Waals surface area contributed by atoms with Crippen LogP contribution in [0.2, 0.25) is 0 Å². The molecule has 8 heteroatoms. The van der Waals surface area contributed by atoms with Gasteiger partial charge in [-0.25, -0.2) is 9.69 Å². The van der Waals surface area contributed by atoms with Crippen LogP contribution in [-0.4, -0.2) is 35.8 Å². The molecule has 0 heterocycles. The molecule has 0 aromatic heterocycles. The standard InChI is InChI=1S/C16H23BrFN3O3/c1-16(2,3)24-15(22)21(14(19)20)10-11-5-6-13(12(17)9-11)23-8-4-7-18/h5-6,9H,4,7-8,10H2,1-3H3,(H3,19,20). The van der Waals surface area contributed by atoms with Gasteiger partial charge in [-0.05, 0) is 54.4 Å². The third-order valence-electron chi connectivity index (χ3n) is 2.78. The van der Waals surface area contributed by atoms with Gasteiger partial charge >= 0.3 is 6.09 Å². The first-order chi connectivity index (χ1) is 11.1. The molecule has 0 fully saturated rings. The van der Waals surface area contributed by atoms with Gasteiger partial charge in [0.1, 0.15) is 11.4 Å². The van der Waals surface area contributed by atoms with Crippen molar-refractivity contribution in [3.05, 3.63) is 28.2 Å². The normalized spacial score (nSPS) is 11.0. The minimum Gasteiger partial charge on any atom is -0.492 e. The third-order valence-corrected chi connectivity index (χ3v) is 3.40. The van der Waals surface area contributed by atoms with Crippen LogP contribution in [0.15, 0.2) is 22.7 Å². The highest BCUT2D eigenvalue weighted by Crippen LogP contribution is 2.27. The predicted octanol–water partition coefficient (Wildman–Crippen LogP) is 3.82. The van der Waals surface area contributed by atoms with Crippen molar-refractivity contribution in [3.63, 3.8) is 0 Å². The fourth-order valence-corrected chi connectivity index (χ4v) is 2.28. The van der Waals surface area contributed by atoms with Crippen molar-refractivity contribution in [2.45, 2.75) is 39.3 Å². The molecule has 0 saturated heterocycles. The molecule has 1 rings (SSSR count). The Labute approximate surface area is 149 Å². The monoisotopic (exact) mass is 403 g/mol. The van der Waals surface area contributed by atoms with E-state index in [1.165, 1.54) is 0 Å². The molecule has 1 amide bonds. The molecule has 0 aliphatic heterocycles. The Morgan fingerprint density at radius 1 is 1.42 bits per heavy atom. The molecular weight excluding hydrogens is 381 g/mol. The summed E-state index contributed by atoms with van der Waals surface area (Å²) < 4.78 is 23.5. The van der Waals surface area contributed by atoms with Crippen molar-refractivity contribution in [3.8, 4) is 5.75 Å². The Hall–Kier alpha value is -1.83. The minimum absolute atomic E-state index is 0.0909. The molecule has 0 radical (unpaired) electrons. The van der Waals surface area contributed by atoms with Gasteiger partial charge in [0.2, 0.25) is 0 Å². The van der Waals surface area contributed by atoms with Gasteiger partial charge in [-0.2, -0.15) is 0 Å². The molecule has 0 aliphatic carbocycles. The topological polar surface area (TPSA) is 88.6 Å². The summed E-state index contributed by atoms with van der Waals surface area (Å²) in [5.41, 5.74) is 5.55. The molecule has 3 N–H and O–H groups in total. The predicted molar refractivity (Wildman–Crippen MR) is 93.9 cm³/mol. The second-order valence-electron chi connectivity index (χ2n) is 6.11. The maximum absolute atomic E-state index is 12.1. The number of carbonyl (C=O) groups is 1.